The fraction of sp³-hybridized carbons (Fsp3) is 0.500. The average molecular weight is 209 g/mol. The van der Waals surface area contributed by atoms with E-state index in [1.54, 1.807) is 13.2 Å². The first-order valence-electron chi connectivity index (χ1n) is 5.05. The molecule has 15 heavy (non-hydrogen) atoms. The number of benzene rings is 1. The van der Waals surface area contributed by atoms with Gasteiger partial charge in [0.05, 0.1) is 7.11 Å². The number of phenols is 1. The van der Waals surface area contributed by atoms with Crippen LogP contribution in [0.2, 0.25) is 0 Å². The molecule has 0 aliphatic rings. The Morgan fingerprint density at radius 1 is 1.40 bits per heavy atom. The van der Waals surface area contributed by atoms with Crippen LogP contribution in [-0.4, -0.2) is 18.8 Å². The maximum atomic E-state index is 9.88. The highest BCUT2D eigenvalue weighted by molar-refractivity contribution is 5.45. The van der Waals surface area contributed by atoms with E-state index < -0.39 is 0 Å². The van der Waals surface area contributed by atoms with Crippen LogP contribution in [0, 0.1) is 5.41 Å². The smallest absolute Gasteiger partial charge is 0.160 e. The molecule has 3 N–H and O–H groups in total. The maximum Gasteiger partial charge on any atom is 0.160 e. The minimum Gasteiger partial charge on any atom is -0.504 e. The number of ether oxygens (including phenoxy) is 1. The number of rotatable bonds is 4. The molecule has 1 rings (SSSR count). The van der Waals surface area contributed by atoms with Gasteiger partial charge in [0.1, 0.15) is 0 Å². The second kappa shape index (κ2) is 4.53. The molecule has 0 atom stereocenters. The molecule has 0 spiro atoms. The van der Waals surface area contributed by atoms with Crippen LogP contribution in [0.3, 0.4) is 0 Å². The molecule has 1 aromatic carbocycles. The number of methoxy groups -OCH3 is 1. The predicted molar refractivity (Wildman–Crippen MR) is 61.2 cm³/mol. The largest absolute Gasteiger partial charge is 0.504 e. The van der Waals surface area contributed by atoms with Crippen molar-refractivity contribution in [1.29, 1.82) is 0 Å². The van der Waals surface area contributed by atoms with Crippen molar-refractivity contribution < 1.29 is 9.84 Å². The first-order chi connectivity index (χ1) is 7.00. The van der Waals surface area contributed by atoms with Crippen LogP contribution in [-0.2, 0) is 6.42 Å². The van der Waals surface area contributed by atoms with Gasteiger partial charge in [0.25, 0.3) is 0 Å². The van der Waals surface area contributed by atoms with Crippen LogP contribution in [0.4, 0.5) is 0 Å². The van der Waals surface area contributed by atoms with E-state index in [0.29, 0.717) is 12.3 Å². The summed E-state index contributed by atoms with van der Waals surface area (Å²) in [6.45, 7) is 4.74. The highest BCUT2D eigenvalue weighted by Gasteiger charge is 2.19. The zero-order valence-corrected chi connectivity index (χ0v) is 9.58. The Morgan fingerprint density at radius 2 is 2.07 bits per heavy atom. The van der Waals surface area contributed by atoms with E-state index in [0.717, 1.165) is 12.0 Å². The minimum absolute atomic E-state index is 0.0101. The molecule has 0 fully saturated rings. The molecule has 3 heteroatoms. The van der Waals surface area contributed by atoms with Crippen molar-refractivity contribution in [1.82, 2.24) is 0 Å². The summed E-state index contributed by atoms with van der Waals surface area (Å²) < 4.78 is 5.05. The summed E-state index contributed by atoms with van der Waals surface area (Å²) in [6, 6.07) is 5.52. The molecule has 3 nitrogen and oxygen atoms in total. The number of hydrogen-bond donors (Lipinski definition) is 2. The number of aromatic hydroxyl groups is 1. The standard InChI is InChI=1S/C12H19NO2/c1-12(2,8-13)7-9-5-4-6-10(15-3)11(9)14/h4-6,14H,7-8,13H2,1-3H3. The van der Waals surface area contributed by atoms with Crippen LogP contribution in [0.15, 0.2) is 18.2 Å². The zero-order valence-electron chi connectivity index (χ0n) is 9.58. The number of hydrogen-bond acceptors (Lipinski definition) is 3. The van der Waals surface area contributed by atoms with Gasteiger partial charge in [0.15, 0.2) is 11.5 Å². The van der Waals surface area contributed by atoms with Crippen molar-refractivity contribution in [3.8, 4) is 11.5 Å². The fourth-order valence-corrected chi connectivity index (χ4v) is 1.46. The van der Waals surface area contributed by atoms with Gasteiger partial charge < -0.3 is 15.6 Å². The average Bonchev–Trinajstić information content (AvgIpc) is 2.21. The van der Waals surface area contributed by atoms with E-state index in [4.69, 9.17) is 10.5 Å². The summed E-state index contributed by atoms with van der Waals surface area (Å²) in [4.78, 5) is 0. The Hall–Kier alpha value is -1.22. The van der Waals surface area contributed by atoms with Crippen LogP contribution >= 0.6 is 0 Å². The van der Waals surface area contributed by atoms with Crippen molar-refractivity contribution in [3.63, 3.8) is 0 Å². The Kier molecular flexibility index (Phi) is 3.58. The molecule has 0 aromatic heterocycles. The van der Waals surface area contributed by atoms with E-state index in [1.165, 1.54) is 0 Å². The van der Waals surface area contributed by atoms with E-state index >= 15 is 0 Å². The monoisotopic (exact) mass is 209 g/mol. The molecule has 0 aliphatic heterocycles. The Bertz CT molecular complexity index is 334. The lowest BCUT2D eigenvalue weighted by Crippen LogP contribution is -2.25. The summed E-state index contributed by atoms with van der Waals surface area (Å²) in [5.41, 5.74) is 6.53. The van der Waals surface area contributed by atoms with E-state index in [1.807, 2.05) is 12.1 Å². The lowest BCUT2D eigenvalue weighted by molar-refractivity contribution is 0.348. The third-order valence-corrected chi connectivity index (χ3v) is 2.52. The number of para-hydroxylation sites is 1. The molecule has 0 unspecified atom stereocenters. The van der Waals surface area contributed by atoms with Gasteiger partial charge in [0, 0.05) is 0 Å². The zero-order chi connectivity index (χ0) is 11.5. The summed E-state index contributed by atoms with van der Waals surface area (Å²) >= 11 is 0. The molecule has 0 saturated heterocycles. The predicted octanol–water partition coefficient (Wildman–Crippen LogP) is 1.93. The van der Waals surface area contributed by atoms with Crippen LogP contribution in [0.1, 0.15) is 19.4 Å². The van der Waals surface area contributed by atoms with Gasteiger partial charge in [-0.15, -0.1) is 0 Å². The first-order valence-corrected chi connectivity index (χ1v) is 5.05. The SMILES string of the molecule is COc1cccc(CC(C)(C)CN)c1O. The van der Waals surface area contributed by atoms with Gasteiger partial charge in [0.2, 0.25) is 0 Å². The third kappa shape index (κ3) is 2.86. The summed E-state index contributed by atoms with van der Waals surface area (Å²) in [6.07, 6.45) is 0.743. The van der Waals surface area contributed by atoms with Crippen molar-refractivity contribution in [2.75, 3.05) is 13.7 Å². The molecule has 0 saturated carbocycles. The topological polar surface area (TPSA) is 55.5 Å². The Labute approximate surface area is 90.9 Å². The highest BCUT2D eigenvalue weighted by Crippen LogP contribution is 2.33. The molecular formula is C12H19NO2. The molecule has 0 aliphatic carbocycles. The van der Waals surface area contributed by atoms with Crippen LogP contribution in [0.25, 0.3) is 0 Å². The van der Waals surface area contributed by atoms with Crippen molar-refractivity contribution >= 4 is 0 Å². The Balaban J connectivity index is 2.95. The summed E-state index contributed by atoms with van der Waals surface area (Å²) in [7, 11) is 1.55. The van der Waals surface area contributed by atoms with Gasteiger partial charge in [-0.1, -0.05) is 26.0 Å². The highest BCUT2D eigenvalue weighted by atomic mass is 16.5. The van der Waals surface area contributed by atoms with E-state index in [2.05, 4.69) is 13.8 Å². The van der Waals surface area contributed by atoms with Crippen molar-refractivity contribution in [2.45, 2.75) is 20.3 Å². The molecular weight excluding hydrogens is 190 g/mol. The second-order valence-electron chi connectivity index (χ2n) is 4.51. The molecule has 0 bridgehead atoms. The van der Waals surface area contributed by atoms with Crippen molar-refractivity contribution in [3.05, 3.63) is 23.8 Å². The summed E-state index contributed by atoms with van der Waals surface area (Å²) in [5, 5.41) is 9.88. The first kappa shape index (κ1) is 11.9. The maximum absolute atomic E-state index is 9.88. The van der Waals surface area contributed by atoms with Gasteiger partial charge in [-0.05, 0) is 30.0 Å². The van der Waals surface area contributed by atoms with Crippen LogP contribution in [0.5, 0.6) is 11.5 Å². The molecule has 84 valence electrons. The lowest BCUT2D eigenvalue weighted by Gasteiger charge is -2.23. The summed E-state index contributed by atoms with van der Waals surface area (Å²) in [5.74, 6) is 0.738. The molecule has 0 heterocycles. The second-order valence-corrected chi connectivity index (χ2v) is 4.51. The van der Waals surface area contributed by atoms with Crippen LogP contribution < -0.4 is 10.5 Å². The molecule has 1 aromatic rings. The van der Waals surface area contributed by atoms with Gasteiger partial charge in [-0.2, -0.15) is 0 Å². The van der Waals surface area contributed by atoms with E-state index in [9.17, 15) is 5.11 Å². The lowest BCUT2D eigenvalue weighted by atomic mass is 9.85. The van der Waals surface area contributed by atoms with Gasteiger partial charge in [-0.25, -0.2) is 0 Å². The fourth-order valence-electron chi connectivity index (χ4n) is 1.46. The van der Waals surface area contributed by atoms with E-state index in [-0.39, 0.29) is 11.2 Å². The number of nitrogens with two attached hydrogens (primary N) is 1. The van der Waals surface area contributed by atoms with Gasteiger partial charge >= 0.3 is 0 Å². The molecule has 0 radical (unpaired) electrons. The minimum atomic E-state index is -0.0101. The third-order valence-electron chi connectivity index (χ3n) is 2.52. The quantitative estimate of drug-likeness (QED) is 0.796. The molecule has 0 amide bonds. The normalized spacial score (nSPS) is 11.5. The Morgan fingerprint density at radius 3 is 2.60 bits per heavy atom. The van der Waals surface area contributed by atoms with Gasteiger partial charge in [-0.3, -0.25) is 0 Å². The number of phenolic OH excluding ortho intramolecular Hbond substituents is 1. The van der Waals surface area contributed by atoms with Crippen molar-refractivity contribution in [2.24, 2.45) is 11.1 Å².